The molecule has 0 saturated heterocycles. The van der Waals surface area contributed by atoms with Crippen molar-refractivity contribution >= 4 is 28.5 Å². The smallest absolute Gasteiger partial charge is 0.231 e. The molecule has 0 saturated carbocycles. The highest BCUT2D eigenvalue weighted by molar-refractivity contribution is 14.1. The summed E-state index contributed by atoms with van der Waals surface area (Å²) in [4.78, 5) is 10.8. The summed E-state index contributed by atoms with van der Waals surface area (Å²) in [6, 6.07) is 3.82. The summed E-state index contributed by atoms with van der Waals surface area (Å²) in [5.74, 6) is 1.48. The molecule has 15 heavy (non-hydrogen) atoms. The van der Waals surface area contributed by atoms with Crippen LogP contribution in [0.2, 0.25) is 0 Å². The zero-order valence-corrected chi connectivity index (χ0v) is 10.3. The Hall–Kier alpha value is -0.980. The van der Waals surface area contributed by atoms with Crippen molar-refractivity contribution in [2.45, 2.75) is 13.5 Å². The Morgan fingerprint density at radius 2 is 2.13 bits per heavy atom. The second-order valence-corrected chi connectivity index (χ2v) is 4.37. The summed E-state index contributed by atoms with van der Waals surface area (Å²) in [7, 11) is 0. The summed E-state index contributed by atoms with van der Waals surface area (Å²) < 4.78 is 11.6. The molecular formula is C10H10INO3. The molecule has 1 aromatic carbocycles. The summed E-state index contributed by atoms with van der Waals surface area (Å²) >= 11 is 2.21. The van der Waals surface area contributed by atoms with Gasteiger partial charge < -0.3 is 14.8 Å². The lowest BCUT2D eigenvalue weighted by Gasteiger charge is -2.06. The number of benzene rings is 1. The number of ether oxygens (including phenoxy) is 2. The lowest BCUT2D eigenvalue weighted by atomic mass is 10.2. The van der Waals surface area contributed by atoms with Crippen LogP contribution in [0.1, 0.15) is 12.5 Å². The van der Waals surface area contributed by atoms with Crippen LogP contribution in [0.4, 0.5) is 0 Å². The molecule has 0 unspecified atom stereocenters. The summed E-state index contributed by atoms with van der Waals surface area (Å²) in [5.41, 5.74) is 1.04. The SMILES string of the molecule is CC(=O)NCc1cc2c(cc1I)OCO2. The van der Waals surface area contributed by atoms with Gasteiger partial charge in [-0.05, 0) is 40.3 Å². The topological polar surface area (TPSA) is 47.6 Å². The number of carbonyl (C=O) groups is 1. The van der Waals surface area contributed by atoms with E-state index in [1.54, 1.807) is 0 Å². The molecule has 1 heterocycles. The van der Waals surface area contributed by atoms with Gasteiger partial charge in [-0.25, -0.2) is 0 Å². The third-order valence-electron chi connectivity index (χ3n) is 2.07. The van der Waals surface area contributed by atoms with Gasteiger partial charge in [0.25, 0.3) is 0 Å². The Morgan fingerprint density at radius 1 is 1.47 bits per heavy atom. The lowest BCUT2D eigenvalue weighted by Crippen LogP contribution is -2.19. The van der Waals surface area contributed by atoms with E-state index in [0.717, 1.165) is 20.6 Å². The fourth-order valence-electron chi connectivity index (χ4n) is 1.31. The van der Waals surface area contributed by atoms with Crippen LogP contribution in [-0.2, 0) is 11.3 Å². The summed E-state index contributed by atoms with van der Waals surface area (Å²) in [6.07, 6.45) is 0. The van der Waals surface area contributed by atoms with E-state index in [9.17, 15) is 4.79 Å². The molecule has 4 nitrogen and oxygen atoms in total. The number of hydrogen-bond donors (Lipinski definition) is 1. The zero-order valence-electron chi connectivity index (χ0n) is 8.17. The average molecular weight is 319 g/mol. The summed E-state index contributed by atoms with van der Waals surface area (Å²) in [5, 5.41) is 2.75. The van der Waals surface area contributed by atoms with Crippen molar-refractivity contribution in [1.82, 2.24) is 5.32 Å². The molecule has 80 valence electrons. The van der Waals surface area contributed by atoms with Gasteiger partial charge in [0, 0.05) is 17.0 Å². The van der Waals surface area contributed by atoms with Crippen molar-refractivity contribution in [3.05, 3.63) is 21.3 Å². The van der Waals surface area contributed by atoms with Gasteiger partial charge in [-0.15, -0.1) is 0 Å². The number of halogens is 1. The number of rotatable bonds is 2. The Bertz CT molecular complexity index is 406. The molecule has 1 aromatic rings. The number of amides is 1. The molecule has 1 aliphatic heterocycles. The van der Waals surface area contributed by atoms with Crippen LogP contribution in [0, 0.1) is 3.57 Å². The van der Waals surface area contributed by atoms with Crippen LogP contribution in [0.3, 0.4) is 0 Å². The number of hydrogen-bond acceptors (Lipinski definition) is 3. The van der Waals surface area contributed by atoms with Gasteiger partial charge in [-0.1, -0.05) is 0 Å². The van der Waals surface area contributed by atoms with Crippen LogP contribution in [-0.4, -0.2) is 12.7 Å². The minimum Gasteiger partial charge on any atom is -0.454 e. The highest BCUT2D eigenvalue weighted by Gasteiger charge is 2.15. The van der Waals surface area contributed by atoms with Gasteiger partial charge in [0.1, 0.15) is 0 Å². The van der Waals surface area contributed by atoms with Gasteiger partial charge >= 0.3 is 0 Å². The van der Waals surface area contributed by atoms with Gasteiger partial charge in [-0.3, -0.25) is 4.79 Å². The predicted octanol–water partition coefficient (Wildman–Crippen LogP) is 1.66. The Balaban J connectivity index is 2.21. The molecule has 0 radical (unpaired) electrons. The first-order chi connectivity index (χ1) is 7.16. The monoisotopic (exact) mass is 319 g/mol. The standard InChI is InChI=1S/C10H10INO3/c1-6(13)12-4-7-2-9-10(3-8(7)11)15-5-14-9/h2-3H,4-5H2,1H3,(H,12,13). The highest BCUT2D eigenvalue weighted by Crippen LogP contribution is 2.35. The van der Waals surface area contributed by atoms with E-state index in [2.05, 4.69) is 27.9 Å². The summed E-state index contributed by atoms with van der Waals surface area (Å²) in [6.45, 7) is 2.29. The maximum atomic E-state index is 10.8. The molecule has 0 atom stereocenters. The first kappa shape index (κ1) is 10.5. The first-order valence-corrected chi connectivity index (χ1v) is 5.57. The van der Waals surface area contributed by atoms with E-state index in [4.69, 9.17) is 9.47 Å². The van der Waals surface area contributed by atoms with Crippen LogP contribution in [0.5, 0.6) is 11.5 Å². The second kappa shape index (κ2) is 4.26. The molecule has 0 aromatic heterocycles. The molecule has 0 bridgehead atoms. The minimum atomic E-state index is -0.0385. The predicted molar refractivity (Wildman–Crippen MR) is 62.8 cm³/mol. The quantitative estimate of drug-likeness (QED) is 0.844. The van der Waals surface area contributed by atoms with E-state index in [-0.39, 0.29) is 12.7 Å². The molecule has 1 N–H and O–H groups in total. The van der Waals surface area contributed by atoms with Crippen molar-refractivity contribution in [2.75, 3.05) is 6.79 Å². The number of carbonyl (C=O) groups excluding carboxylic acids is 1. The number of fused-ring (bicyclic) bond motifs is 1. The van der Waals surface area contributed by atoms with E-state index in [0.29, 0.717) is 6.54 Å². The van der Waals surface area contributed by atoms with Crippen molar-refractivity contribution < 1.29 is 14.3 Å². The van der Waals surface area contributed by atoms with Crippen LogP contribution >= 0.6 is 22.6 Å². The highest BCUT2D eigenvalue weighted by atomic mass is 127. The number of nitrogens with one attached hydrogen (secondary N) is 1. The maximum Gasteiger partial charge on any atom is 0.231 e. The lowest BCUT2D eigenvalue weighted by molar-refractivity contribution is -0.119. The van der Waals surface area contributed by atoms with Gasteiger partial charge in [-0.2, -0.15) is 0 Å². The largest absolute Gasteiger partial charge is 0.454 e. The third-order valence-corrected chi connectivity index (χ3v) is 3.07. The molecule has 1 amide bonds. The van der Waals surface area contributed by atoms with Gasteiger partial charge in [0.05, 0.1) is 0 Å². The van der Waals surface area contributed by atoms with Crippen molar-refractivity contribution in [3.8, 4) is 11.5 Å². The van der Waals surface area contributed by atoms with E-state index in [1.807, 2.05) is 12.1 Å². The molecule has 0 spiro atoms. The van der Waals surface area contributed by atoms with Crippen LogP contribution in [0.15, 0.2) is 12.1 Å². The van der Waals surface area contributed by atoms with E-state index >= 15 is 0 Å². The van der Waals surface area contributed by atoms with Crippen molar-refractivity contribution in [1.29, 1.82) is 0 Å². The molecule has 1 aliphatic rings. The van der Waals surface area contributed by atoms with Crippen molar-refractivity contribution in [3.63, 3.8) is 0 Å². The molecular weight excluding hydrogens is 309 g/mol. The molecule has 5 heteroatoms. The normalized spacial score (nSPS) is 12.7. The minimum absolute atomic E-state index is 0.0385. The second-order valence-electron chi connectivity index (χ2n) is 3.21. The Kier molecular flexibility index (Phi) is 2.99. The zero-order chi connectivity index (χ0) is 10.8. The Labute approximate surface area is 101 Å². The molecule has 0 aliphatic carbocycles. The maximum absolute atomic E-state index is 10.8. The fraction of sp³-hybridized carbons (Fsp3) is 0.300. The average Bonchev–Trinajstić information content (AvgIpc) is 2.60. The first-order valence-electron chi connectivity index (χ1n) is 4.49. The van der Waals surface area contributed by atoms with E-state index in [1.165, 1.54) is 6.92 Å². The molecule has 2 rings (SSSR count). The van der Waals surface area contributed by atoms with Crippen LogP contribution < -0.4 is 14.8 Å². The van der Waals surface area contributed by atoms with Gasteiger partial charge in [0.15, 0.2) is 11.5 Å². The molecule has 0 fully saturated rings. The Morgan fingerprint density at radius 3 is 2.80 bits per heavy atom. The van der Waals surface area contributed by atoms with E-state index < -0.39 is 0 Å². The fourth-order valence-corrected chi connectivity index (χ4v) is 1.94. The third kappa shape index (κ3) is 2.34. The van der Waals surface area contributed by atoms with Crippen LogP contribution in [0.25, 0.3) is 0 Å². The van der Waals surface area contributed by atoms with Crippen molar-refractivity contribution in [2.24, 2.45) is 0 Å². The van der Waals surface area contributed by atoms with Gasteiger partial charge in [0.2, 0.25) is 12.7 Å².